The number of hydrogen-bond donors (Lipinski definition) is 1. The lowest BCUT2D eigenvalue weighted by molar-refractivity contribution is -0.136. The summed E-state index contributed by atoms with van der Waals surface area (Å²) in [7, 11) is 5.81. The number of ether oxygens (including phenoxy) is 1. The molecule has 0 aromatic heterocycles. The Balaban J connectivity index is 2.43. The van der Waals surface area contributed by atoms with E-state index in [1.807, 2.05) is 4.90 Å². The van der Waals surface area contributed by atoms with E-state index in [-0.39, 0.29) is 5.92 Å². The normalized spacial score (nSPS) is 19.7. The number of amides is 1. The van der Waals surface area contributed by atoms with E-state index in [2.05, 4.69) is 24.3 Å². The van der Waals surface area contributed by atoms with Crippen LogP contribution in [-0.4, -0.2) is 76.2 Å². The SMILES string of the molecule is COCCN(CCCN(C)C)C(=O)C1CCCNC1. The Morgan fingerprint density at radius 2 is 2.11 bits per heavy atom. The first-order valence-electron chi connectivity index (χ1n) is 7.28. The molecule has 1 fully saturated rings. The van der Waals surface area contributed by atoms with E-state index < -0.39 is 0 Å². The fourth-order valence-corrected chi connectivity index (χ4v) is 2.43. The minimum Gasteiger partial charge on any atom is -0.383 e. The van der Waals surface area contributed by atoms with E-state index in [4.69, 9.17) is 4.74 Å². The Kier molecular flexibility index (Phi) is 8.02. The van der Waals surface area contributed by atoms with Gasteiger partial charge in [-0.1, -0.05) is 0 Å². The van der Waals surface area contributed by atoms with Gasteiger partial charge in [0.05, 0.1) is 12.5 Å². The van der Waals surface area contributed by atoms with Crippen molar-refractivity contribution in [3.63, 3.8) is 0 Å². The molecule has 0 aliphatic carbocycles. The molecule has 1 N–H and O–H groups in total. The second kappa shape index (κ2) is 9.28. The summed E-state index contributed by atoms with van der Waals surface area (Å²) in [5.41, 5.74) is 0. The van der Waals surface area contributed by atoms with Crippen molar-refractivity contribution in [2.45, 2.75) is 19.3 Å². The molecular weight excluding hydrogens is 242 g/mol. The van der Waals surface area contributed by atoms with Crippen molar-refractivity contribution in [2.24, 2.45) is 5.92 Å². The summed E-state index contributed by atoms with van der Waals surface area (Å²) in [5, 5.41) is 3.31. The zero-order chi connectivity index (χ0) is 14.1. The van der Waals surface area contributed by atoms with E-state index in [0.29, 0.717) is 19.1 Å². The van der Waals surface area contributed by atoms with Crippen molar-refractivity contribution in [3.8, 4) is 0 Å². The molecule has 112 valence electrons. The fraction of sp³-hybridized carbons (Fsp3) is 0.929. The first-order valence-corrected chi connectivity index (χ1v) is 7.28. The standard InChI is InChI=1S/C14H29N3O2/c1-16(2)8-5-9-17(10-11-19-3)14(18)13-6-4-7-15-12-13/h13,15H,4-12H2,1-3H3. The molecule has 5 heteroatoms. The fourth-order valence-electron chi connectivity index (χ4n) is 2.43. The van der Waals surface area contributed by atoms with Crippen molar-refractivity contribution in [2.75, 3.05) is 60.5 Å². The van der Waals surface area contributed by atoms with E-state index >= 15 is 0 Å². The third kappa shape index (κ3) is 6.36. The molecule has 1 aliphatic heterocycles. The van der Waals surface area contributed by atoms with E-state index in [0.717, 1.165) is 45.4 Å². The van der Waals surface area contributed by atoms with Crippen LogP contribution >= 0.6 is 0 Å². The lowest BCUT2D eigenvalue weighted by Crippen LogP contribution is -2.44. The Bertz CT molecular complexity index is 253. The van der Waals surface area contributed by atoms with Crippen LogP contribution in [0.15, 0.2) is 0 Å². The summed E-state index contributed by atoms with van der Waals surface area (Å²) in [6.45, 7) is 5.04. The zero-order valence-electron chi connectivity index (χ0n) is 12.7. The van der Waals surface area contributed by atoms with Gasteiger partial charge in [0, 0.05) is 26.7 Å². The van der Waals surface area contributed by atoms with Crippen LogP contribution < -0.4 is 5.32 Å². The highest BCUT2D eigenvalue weighted by Gasteiger charge is 2.25. The van der Waals surface area contributed by atoms with Crippen molar-refractivity contribution >= 4 is 5.91 Å². The van der Waals surface area contributed by atoms with E-state index in [1.54, 1.807) is 7.11 Å². The summed E-state index contributed by atoms with van der Waals surface area (Å²) < 4.78 is 5.12. The van der Waals surface area contributed by atoms with Crippen molar-refractivity contribution < 1.29 is 9.53 Å². The molecule has 0 spiro atoms. The van der Waals surface area contributed by atoms with Gasteiger partial charge in [0.25, 0.3) is 0 Å². The minimum atomic E-state index is 0.157. The van der Waals surface area contributed by atoms with Gasteiger partial charge < -0.3 is 19.9 Å². The Hall–Kier alpha value is -0.650. The molecule has 0 radical (unpaired) electrons. The third-order valence-electron chi connectivity index (χ3n) is 3.56. The number of piperidine rings is 1. The summed E-state index contributed by atoms with van der Waals surface area (Å²) in [6, 6.07) is 0. The van der Waals surface area contributed by atoms with Gasteiger partial charge in [0.2, 0.25) is 5.91 Å². The number of rotatable bonds is 8. The molecule has 0 bridgehead atoms. The topological polar surface area (TPSA) is 44.8 Å². The van der Waals surface area contributed by atoms with Gasteiger partial charge in [-0.05, 0) is 46.4 Å². The van der Waals surface area contributed by atoms with Crippen LogP contribution in [-0.2, 0) is 9.53 Å². The molecule has 1 heterocycles. The van der Waals surface area contributed by atoms with Crippen LogP contribution in [0.5, 0.6) is 0 Å². The number of nitrogens with one attached hydrogen (secondary N) is 1. The summed E-state index contributed by atoms with van der Waals surface area (Å²) in [6.07, 6.45) is 3.14. The molecule has 0 saturated carbocycles. The zero-order valence-corrected chi connectivity index (χ0v) is 12.7. The van der Waals surface area contributed by atoms with Crippen LogP contribution in [0.25, 0.3) is 0 Å². The van der Waals surface area contributed by atoms with Gasteiger partial charge in [0.1, 0.15) is 0 Å². The quantitative estimate of drug-likeness (QED) is 0.695. The van der Waals surface area contributed by atoms with Gasteiger partial charge >= 0.3 is 0 Å². The van der Waals surface area contributed by atoms with Crippen molar-refractivity contribution in [1.82, 2.24) is 15.1 Å². The summed E-state index contributed by atoms with van der Waals surface area (Å²) in [5.74, 6) is 0.452. The first kappa shape index (κ1) is 16.4. The predicted molar refractivity (Wildman–Crippen MR) is 77.2 cm³/mol. The van der Waals surface area contributed by atoms with Crippen LogP contribution in [0.2, 0.25) is 0 Å². The van der Waals surface area contributed by atoms with Crippen LogP contribution in [0.3, 0.4) is 0 Å². The summed E-state index contributed by atoms with van der Waals surface area (Å²) >= 11 is 0. The molecule has 1 saturated heterocycles. The average molecular weight is 271 g/mol. The van der Waals surface area contributed by atoms with Crippen LogP contribution in [0, 0.1) is 5.92 Å². The number of hydrogen-bond acceptors (Lipinski definition) is 4. The van der Waals surface area contributed by atoms with Gasteiger partial charge in [-0.15, -0.1) is 0 Å². The molecular formula is C14H29N3O2. The molecule has 5 nitrogen and oxygen atoms in total. The molecule has 0 aromatic rings. The lowest BCUT2D eigenvalue weighted by Gasteiger charge is -2.30. The molecule has 1 rings (SSSR count). The second-order valence-electron chi connectivity index (χ2n) is 5.52. The first-order chi connectivity index (χ1) is 9.15. The van der Waals surface area contributed by atoms with Gasteiger partial charge in [-0.2, -0.15) is 0 Å². The molecule has 1 atom stereocenters. The van der Waals surface area contributed by atoms with Gasteiger partial charge in [-0.3, -0.25) is 4.79 Å². The van der Waals surface area contributed by atoms with Gasteiger partial charge in [0.15, 0.2) is 0 Å². The monoisotopic (exact) mass is 271 g/mol. The second-order valence-corrected chi connectivity index (χ2v) is 5.52. The Morgan fingerprint density at radius 1 is 1.32 bits per heavy atom. The minimum absolute atomic E-state index is 0.157. The van der Waals surface area contributed by atoms with Crippen molar-refractivity contribution in [1.29, 1.82) is 0 Å². The maximum atomic E-state index is 12.5. The van der Waals surface area contributed by atoms with Gasteiger partial charge in [-0.25, -0.2) is 0 Å². The molecule has 19 heavy (non-hydrogen) atoms. The number of carbonyl (C=O) groups is 1. The molecule has 1 aliphatic rings. The third-order valence-corrected chi connectivity index (χ3v) is 3.56. The largest absolute Gasteiger partial charge is 0.383 e. The van der Waals surface area contributed by atoms with Crippen LogP contribution in [0.1, 0.15) is 19.3 Å². The van der Waals surface area contributed by atoms with E-state index in [1.165, 1.54) is 0 Å². The van der Waals surface area contributed by atoms with Crippen LogP contribution in [0.4, 0.5) is 0 Å². The maximum absolute atomic E-state index is 12.5. The molecule has 1 amide bonds. The number of carbonyl (C=O) groups excluding carboxylic acids is 1. The highest BCUT2D eigenvalue weighted by molar-refractivity contribution is 5.79. The Labute approximate surface area is 117 Å². The number of methoxy groups -OCH3 is 1. The summed E-state index contributed by atoms with van der Waals surface area (Å²) in [4.78, 5) is 16.6. The van der Waals surface area contributed by atoms with Crippen molar-refractivity contribution in [3.05, 3.63) is 0 Å². The highest BCUT2D eigenvalue weighted by atomic mass is 16.5. The average Bonchev–Trinajstić information content (AvgIpc) is 2.42. The maximum Gasteiger partial charge on any atom is 0.227 e. The number of nitrogens with zero attached hydrogens (tertiary/aromatic N) is 2. The molecule has 0 aromatic carbocycles. The van der Waals surface area contributed by atoms with E-state index in [9.17, 15) is 4.79 Å². The lowest BCUT2D eigenvalue weighted by atomic mass is 9.98. The predicted octanol–water partition coefficient (Wildman–Crippen LogP) is 0.413. The Morgan fingerprint density at radius 3 is 2.68 bits per heavy atom. The molecule has 1 unspecified atom stereocenters. The highest BCUT2D eigenvalue weighted by Crippen LogP contribution is 2.13. The smallest absolute Gasteiger partial charge is 0.227 e.